The zero-order valence-electron chi connectivity index (χ0n) is 19.5. The molecule has 6 rings (SSSR count). The molecule has 4 heterocycles. The molecule has 0 unspecified atom stereocenters. The second kappa shape index (κ2) is 8.74. The van der Waals surface area contributed by atoms with Crippen LogP contribution in [0.5, 0.6) is 0 Å². The van der Waals surface area contributed by atoms with Gasteiger partial charge in [-0.15, -0.1) is 0 Å². The van der Waals surface area contributed by atoms with Crippen LogP contribution in [0.4, 0.5) is 10.1 Å². The van der Waals surface area contributed by atoms with E-state index in [2.05, 4.69) is 61.4 Å². The highest BCUT2D eigenvalue weighted by Crippen LogP contribution is 2.36. The third-order valence-electron chi connectivity index (χ3n) is 7.09. The number of anilines is 1. The van der Waals surface area contributed by atoms with E-state index in [1.165, 1.54) is 23.4 Å². The molecule has 35 heavy (non-hydrogen) atoms. The average molecular weight is 470 g/mol. The number of hydrogen-bond acceptors (Lipinski definition) is 4. The number of aliphatic hydroxyl groups excluding tert-OH is 1. The monoisotopic (exact) mass is 469 g/mol. The molecular weight excluding hydrogens is 441 g/mol. The summed E-state index contributed by atoms with van der Waals surface area (Å²) in [4.78, 5) is 7.11. The lowest BCUT2D eigenvalue weighted by Gasteiger charge is -2.21. The molecule has 0 spiro atoms. The second-order valence-corrected chi connectivity index (χ2v) is 9.43. The van der Waals surface area contributed by atoms with Gasteiger partial charge in [-0.3, -0.25) is 4.57 Å². The minimum atomic E-state index is -0.232. The van der Waals surface area contributed by atoms with Gasteiger partial charge in [-0.2, -0.15) is 0 Å². The van der Waals surface area contributed by atoms with Crippen molar-refractivity contribution in [3.05, 3.63) is 90.8 Å². The standard InChI is InChI=1S/C28H28FN5O/c1-19(18-35)31-14-20-8-10-32(15-20)25-6-7-26-23(12-25)17-33-16-22(21-2-4-24(29)5-3-21)13-27(33)28-30-9-11-34(26)28/h2-7,9,11-13,16,20,31,35H,1,8,10,14-15,17-18H2/t20-/m1/s1. The zero-order valence-corrected chi connectivity index (χ0v) is 19.5. The van der Waals surface area contributed by atoms with E-state index >= 15 is 0 Å². The highest BCUT2D eigenvalue weighted by Gasteiger charge is 2.25. The first-order valence-electron chi connectivity index (χ1n) is 12.0. The van der Waals surface area contributed by atoms with E-state index < -0.39 is 0 Å². The van der Waals surface area contributed by atoms with Crippen LogP contribution < -0.4 is 10.2 Å². The van der Waals surface area contributed by atoms with Crippen LogP contribution in [-0.4, -0.2) is 45.5 Å². The molecule has 0 amide bonds. The van der Waals surface area contributed by atoms with Crippen molar-refractivity contribution in [2.75, 3.05) is 31.1 Å². The number of aromatic nitrogens is 3. The van der Waals surface area contributed by atoms with Gasteiger partial charge in [0.05, 0.1) is 18.0 Å². The minimum absolute atomic E-state index is 0.0260. The van der Waals surface area contributed by atoms with Gasteiger partial charge in [-0.1, -0.05) is 18.7 Å². The van der Waals surface area contributed by atoms with E-state index in [4.69, 9.17) is 0 Å². The maximum Gasteiger partial charge on any atom is 0.161 e. The maximum absolute atomic E-state index is 13.4. The van der Waals surface area contributed by atoms with Gasteiger partial charge in [0.25, 0.3) is 0 Å². The molecule has 6 nitrogen and oxygen atoms in total. The van der Waals surface area contributed by atoms with Crippen molar-refractivity contribution in [1.82, 2.24) is 19.4 Å². The zero-order chi connectivity index (χ0) is 23.9. The summed E-state index contributed by atoms with van der Waals surface area (Å²) in [5.74, 6) is 1.19. The summed E-state index contributed by atoms with van der Waals surface area (Å²) in [6, 6.07) is 15.5. The molecule has 1 saturated heterocycles. The van der Waals surface area contributed by atoms with E-state index in [1.807, 2.05) is 24.5 Å². The topological polar surface area (TPSA) is 58.2 Å². The molecular formula is C28H28FN5O. The smallest absolute Gasteiger partial charge is 0.161 e. The van der Waals surface area contributed by atoms with Crippen LogP contribution in [0.2, 0.25) is 0 Å². The Labute approximate surface area is 204 Å². The van der Waals surface area contributed by atoms with Gasteiger partial charge in [0.2, 0.25) is 0 Å². The normalized spacial score (nSPS) is 16.4. The van der Waals surface area contributed by atoms with Gasteiger partial charge in [0.15, 0.2) is 5.82 Å². The number of nitrogens with one attached hydrogen (secondary N) is 1. The van der Waals surface area contributed by atoms with Crippen molar-refractivity contribution in [1.29, 1.82) is 0 Å². The molecule has 2 aliphatic heterocycles. The van der Waals surface area contributed by atoms with Crippen LogP contribution in [0.1, 0.15) is 12.0 Å². The van der Waals surface area contributed by atoms with Crippen molar-refractivity contribution >= 4 is 5.69 Å². The molecule has 0 saturated carbocycles. The third kappa shape index (κ3) is 4.02. The van der Waals surface area contributed by atoms with Gasteiger partial charge in [0, 0.05) is 61.7 Å². The van der Waals surface area contributed by atoms with E-state index in [9.17, 15) is 9.50 Å². The van der Waals surface area contributed by atoms with E-state index in [0.717, 1.165) is 60.9 Å². The van der Waals surface area contributed by atoms with Crippen molar-refractivity contribution < 1.29 is 9.50 Å². The highest BCUT2D eigenvalue weighted by atomic mass is 19.1. The Morgan fingerprint density at radius 2 is 2.00 bits per heavy atom. The molecule has 1 fully saturated rings. The largest absolute Gasteiger partial charge is 0.390 e. The summed E-state index contributed by atoms with van der Waals surface area (Å²) in [7, 11) is 0. The predicted molar refractivity (Wildman–Crippen MR) is 136 cm³/mol. The lowest BCUT2D eigenvalue weighted by Crippen LogP contribution is -2.26. The van der Waals surface area contributed by atoms with Gasteiger partial charge in [-0.25, -0.2) is 9.37 Å². The summed E-state index contributed by atoms with van der Waals surface area (Å²) < 4.78 is 17.8. The first-order chi connectivity index (χ1) is 17.1. The third-order valence-corrected chi connectivity index (χ3v) is 7.09. The minimum Gasteiger partial charge on any atom is -0.390 e. The lowest BCUT2D eigenvalue weighted by molar-refractivity contribution is 0.319. The molecule has 2 aliphatic rings. The average Bonchev–Trinajstić information content (AvgIpc) is 3.62. The number of benzene rings is 2. The SMILES string of the molecule is C=C(CO)NC[C@H]1CCN(c2ccc3c(c2)Cn2cc(-c4ccc(F)cc4)cc2-c2nccn2-3)C1. The number of halogens is 1. The predicted octanol–water partition coefficient (Wildman–Crippen LogP) is 4.43. The van der Waals surface area contributed by atoms with Gasteiger partial charge in [0.1, 0.15) is 5.82 Å². The number of aliphatic hydroxyl groups is 1. The van der Waals surface area contributed by atoms with Crippen LogP contribution in [0, 0.1) is 11.7 Å². The molecule has 0 aliphatic carbocycles. The van der Waals surface area contributed by atoms with Crippen LogP contribution in [0.15, 0.2) is 79.4 Å². The summed E-state index contributed by atoms with van der Waals surface area (Å²) >= 11 is 0. The van der Waals surface area contributed by atoms with Crippen molar-refractivity contribution in [2.24, 2.45) is 5.92 Å². The summed E-state index contributed by atoms with van der Waals surface area (Å²) in [5, 5.41) is 12.4. The molecule has 0 bridgehead atoms. The fraction of sp³-hybridized carbons (Fsp3) is 0.250. The first-order valence-corrected chi connectivity index (χ1v) is 12.0. The summed E-state index contributed by atoms with van der Waals surface area (Å²) in [6.45, 7) is 7.35. The van der Waals surface area contributed by atoms with E-state index in [-0.39, 0.29) is 12.4 Å². The van der Waals surface area contributed by atoms with Gasteiger partial charge < -0.3 is 19.9 Å². The Kier molecular flexibility index (Phi) is 5.41. The highest BCUT2D eigenvalue weighted by molar-refractivity contribution is 5.72. The summed E-state index contributed by atoms with van der Waals surface area (Å²) in [6.07, 6.45) is 7.09. The Bertz CT molecular complexity index is 1390. The Balaban J connectivity index is 1.30. The van der Waals surface area contributed by atoms with Crippen molar-refractivity contribution in [2.45, 2.75) is 13.0 Å². The van der Waals surface area contributed by atoms with Gasteiger partial charge >= 0.3 is 0 Å². The fourth-order valence-electron chi connectivity index (χ4n) is 5.21. The number of imidazole rings is 1. The number of fused-ring (bicyclic) bond motifs is 5. The molecule has 2 aromatic carbocycles. The number of nitrogens with zero attached hydrogens (tertiary/aromatic N) is 4. The molecule has 1 atom stereocenters. The van der Waals surface area contributed by atoms with Crippen LogP contribution >= 0.6 is 0 Å². The number of rotatable bonds is 6. The molecule has 2 N–H and O–H groups in total. The first kappa shape index (κ1) is 21.7. The Morgan fingerprint density at radius 3 is 2.83 bits per heavy atom. The Hall–Kier alpha value is -3.84. The molecule has 0 radical (unpaired) electrons. The van der Waals surface area contributed by atoms with Crippen LogP contribution in [0.25, 0.3) is 28.3 Å². The van der Waals surface area contributed by atoms with Crippen molar-refractivity contribution in [3.63, 3.8) is 0 Å². The lowest BCUT2D eigenvalue weighted by atomic mass is 10.1. The molecule has 178 valence electrons. The number of hydrogen-bond donors (Lipinski definition) is 2. The van der Waals surface area contributed by atoms with Crippen LogP contribution in [-0.2, 0) is 6.54 Å². The maximum atomic E-state index is 13.4. The second-order valence-electron chi connectivity index (χ2n) is 9.43. The quantitative estimate of drug-likeness (QED) is 0.386. The van der Waals surface area contributed by atoms with Gasteiger partial charge in [-0.05, 0) is 59.9 Å². The molecule has 4 aromatic rings. The molecule has 7 heteroatoms. The van der Waals surface area contributed by atoms with E-state index in [1.54, 1.807) is 0 Å². The van der Waals surface area contributed by atoms with Crippen LogP contribution in [0.3, 0.4) is 0 Å². The fourth-order valence-corrected chi connectivity index (χ4v) is 5.21. The molecule has 2 aromatic heterocycles. The van der Waals surface area contributed by atoms with E-state index in [0.29, 0.717) is 11.6 Å². The Morgan fingerprint density at radius 1 is 1.14 bits per heavy atom. The summed E-state index contributed by atoms with van der Waals surface area (Å²) in [5.41, 5.74) is 7.36. The van der Waals surface area contributed by atoms with Crippen molar-refractivity contribution in [3.8, 4) is 28.3 Å².